The summed E-state index contributed by atoms with van der Waals surface area (Å²) in [5, 5.41) is 14.7. The second-order valence-corrected chi connectivity index (χ2v) is 9.87. The van der Waals surface area contributed by atoms with Gasteiger partial charge < -0.3 is 15.4 Å². The number of carbonyl (C=O) groups is 2. The second-order valence-electron chi connectivity index (χ2n) is 8.93. The van der Waals surface area contributed by atoms with Gasteiger partial charge in [-0.05, 0) is 54.1 Å². The average Bonchev–Trinajstić information content (AvgIpc) is 3.39. The van der Waals surface area contributed by atoms with E-state index in [0.29, 0.717) is 45.8 Å². The molecule has 8 nitrogen and oxygen atoms in total. The van der Waals surface area contributed by atoms with E-state index in [0.717, 1.165) is 5.56 Å². The quantitative estimate of drug-likeness (QED) is 0.197. The number of ether oxygens (including phenoxy) is 1. The predicted octanol–water partition coefficient (Wildman–Crippen LogP) is 6.12. The van der Waals surface area contributed by atoms with E-state index in [1.165, 1.54) is 24.9 Å². The van der Waals surface area contributed by atoms with Crippen LogP contribution in [0.15, 0.2) is 108 Å². The lowest BCUT2D eigenvalue weighted by Gasteiger charge is -2.11. The van der Waals surface area contributed by atoms with Crippen molar-refractivity contribution in [2.75, 3.05) is 23.5 Å². The zero-order valence-corrected chi connectivity index (χ0v) is 22.9. The van der Waals surface area contributed by atoms with Crippen LogP contribution in [0.3, 0.4) is 0 Å². The summed E-state index contributed by atoms with van der Waals surface area (Å²) in [6, 6.07) is 29.8. The molecule has 0 aliphatic heterocycles. The normalized spacial score (nSPS) is 10.7. The lowest BCUT2D eigenvalue weighted by atomic mass is 10.2. The summed E-state index contributed by atoms with van der Waals surface area (Å²) >= 11 is 1.21. The van der Waals surface area contributed by atoms with Crippen LogP contribution in [0.25, 0.3) is 11.4 Å². The number of carbonyl (C=O) groups excluding carboxylic acids is 2. The van der Waals surface area contributed by atoms with E-state index in [-0.39, 0.29) is 17.6 Å². The highest BCUT2D eigenvalue weighted by atomic mass is 32.2. The third kappa shape index (κ3) is 6.79. The molecule has 2 N–H and O–H groups in total. The van der Waals surface area contributed by atoms with Gasteiger partial charge in [0, 0.05) is 11.3 Å². The summed E-state index contributed by atoms with van der Waals surface area (Å²) in [5.41, 5.74) is 2.86. The molecule has 0 saturated heterocycles. The molecule has 5 aromatic rings. The van der Waals surface area contributed by atoms with Gasteiger partial charge in [-0.25, -0.2) is 4.39 Å². The van der Waals surface area contributed by atoms with Crippen molar-refractivity contribution in [2.24, 2.45) is 0 Å². The summed E-state index contributed by atoms with van der Waals surface area (Å²) < 4.78 is 21.7. The molecule has 2 amide bonds. The minimum atomic E-state index is -0.400. The molecule has 0 aliphatic rings. The molecule has 0 unspecified atom stereocenters. The number of nitrogens with one attached hydrogen (secondary N) is 2. The topological polar surface area (TPSA) is 98.1 Å². The molecule has 0 aliphatic carbocycles. The van der Waals surface area contributed by atoms with Crippen LogP contribution in [0.4, 0.5) is 15.8 Å². The molecular weight excluding hydrogens is 541 g/mol. The molecule has 4 aromatic carbocycles. The van der Waals surface area contributed by atoms with Crippen LogP contribution in [0.5, 0.6) is 5.75 Å². The number of methoxy groups -OCH3 is 1. The molecule has 0 fully saturated rings. The first-order valence-electron chi connectivity index (χ1n) is 12.7. The number of amides is 2. The summed E-state index contributed by atoms with van der Waals surface area (Å²) in [5.74, 6) is 0.0396. The van der Waals surface area contributed by atoms with Gasteiger partial charge in [-0.3, -0.25) is 14.2 Å². The van der Waals surface area contributed by atoms with E-state index in [1.807, 2.05) is 36.4 Å². The molecule has 10 heteroatoms. The SMILES string of the molecule is COc1ccccc1NC(=O)c1ccc(NC(=O)CSc2nnc(-c3ccccc3F)n2Cc2ccccc2)cc1. The molecule has 41 heavy (non-hydrogen) atoms. The van der Waals surface area contributed by atoms with Gasteiger partial charge in [-0.2, -0.15) is 0 Å². The minimum absolute atomic E-state index is 0.0558. The van der Waals surface area contributed by atoms with Crippen LogP contribution in [0.1, 0.15) is 15.9 Å². The van der Waals surface area contributed by atoms with Crippen LogP contribution in [0.2, 0.25) is 0 Å². The fourth-order valence-corrected chi connectivity index (χ4v) is 4.86. The van der Waals surface area contributed by atoms with E-state index >= 15 is 0 Å². The summed E-state index contributed by atoms with van der Waals surface area (Å²) in [4.78, 5) is 25.4. The number of para-hydroxylation sites is 2. The van der Waals surface area contributed by atoms with Crippen LogP contribution in [-0.2, 0) is 11.3 Å². The van der Waals surface area contributed by atoms with E-state index in [2.05, 4.69) is 20.8 Å². The Morgan fingerprint density at radius 2 is 1.56 bits per heavy atom. The summed E-state index contributed by atoms with van der Waals surface area (Å²) in [6.07, 6.45) is 0. The summed E-state index contributed by atoms with van der Waals surface area (Å²) in [6.45, 7) is 0.417. The molecule has 0 spiro atoms. The lowest BCUT2D eigenvalue weighted by Crippen LogP contribution is -2.16. The summed E-state index contributed by atoms with van der Waals surface area (Å²) in [7, 11) is 1.54. The highest BCUT2D eigenvalue weighted by molar-refractivity contribution is 7.99. The van der Waals surface area contributed by atoms with Crippen LogP contribution >= 0.6 is 11.8 Å². The van der Waals surface area contributed by atoms with Crippen molar-refractivity contribution in [2.45, 2.75) is 11.7 Å². The lowest BCUT2D eigenvalue weighted by molar-refractivity contribution is -0.113. The smallest absolute Gasteiger partial charge is 0.255 e. The van der Waals surface area contributed by atoms with Gasteiger partial charge in [0.1, 0.15) is 11.6 Å². The maximum Gasteiger partial charge on any atom is 0.255 e. The molecule has 5 rings (SSSR count). The van der Waals surface area contributed by atoms with E-state index in [9.17, 15) is 14.0 Å². The number of thioether (sulfide) groups is 1. The Bertz CT molecular complexity index is 1660. The number of hydrogen-bond donors (Lipinski definition) is 2. The first-order chi connectivity index (χ1) is 20.0. The van der Waals surface area contributed by atoms with Crippen molar-refractivity contribution in [1.82, 2.24) is 14.8 Å². The predicted molar refractivity (Wildman–Crippen MR) is 158 cm³/mol. The van der Waals surface area contributed by atoms with Gasteiger partial charge in [0.25, 0.3) is 5.91 Å². The molecule has 0 atom stereocenters. The van der Waals surface area contributed by atoms with Crippen molar-refractivity contribution >= 4 is 35.0 Å². The Hall–Kier alpha value is -4.96. The number of aromatic nitrogens is 3. The van der Waals surface area contributed by atoms with Crippen LogP contribution in [0, 0.1) is 5.82 Å². The van der Waals surface area contributed by atoms with E-state index in [4.69, 9.17) is 4.74 Å². The maximum absolute atomic E-state index is 14.6. The molecule has 1 heterocycles. The van der Waals surface area contributed by atoms with Gasteiger partial charge in [0.2, 0.25) is 5.91 Å². The van der Waals surface area contributed by atoms with Gasteiger partial charge >= 0.3 is 0 Å². The number of anilines is 2. The van der Waals surface area contributed by atoms with Crippen molar-refractivity contribution in [1.29, 1.82) is 0 Å². The minimum Gasteiger partial charge on any atom is -0.495 e. The maximum atomic E-state index is 14.6. The monoisotopic (exact) mass is 567 g/mol. The average molecular weight is 568 g/mol. The fraction of sp³-hybridized carbons (Fsp3) is 0.0968. The molecule has 0 saturated carbocycles. The Labute approximate surface area is 240 Å². The van der Waals surface area contributed by atoms with Crippen molar-refractivity contribution in [3.8, 4) is 17.1 Å². The Kier molecular flexibility index (Phi) is 8.70. The van der Waals surface area contributed by atoms with Gasteiger partial charge in [-0.1, -0.05) is 66.4 Å². The Balaban J connectivity index is 1.24. The van der Waals surface area contributed by atoms with E-state index < -0.39 is 5.82 Å². The zero-order valence-electron chi connectivity index (χ0n) is 22.1. The molecule has 0 bridgehead atoms. The van der Waals surface area contributed by atoms with Crippen molar-refractivity contribution in [3.63, 3.8) is 0 Å². The fourth-order valence-electron chi connectivity index (χ4n) is 4.12. The number of rotatable bonds is 10. The van der Waals surface area contributed by atoms with Crippen molar-refractivity contribution < 1.29 is 18.7 Å². The standard InChI is InChI=1S/C31H26FN5O3S/c1-40-27-14-8-7-13-26(27)34-30(39)22-15-17-23(18-16-22)33-28(38)20-41-31-36-35-29(24-11-5-6-12-25(24)32)37(31)19-21-9-3-2-4-10-21/h2-18H,19-20H2,1H3,(H,33,38)(H,34,39). The number of nitrogens with zero attached hydrogens (tertiary/aromatic N) is 3. The largest absolute Gasteiger partial charge is 0.495 e. The van der Waals surface area contributed by atoms with Crippen molar-refractivity contribution in [3.05, 3.63) is 120 Å². The molecular formula is C31H26FN5O3S. The third-order valence-electron chi connectivity index (χ3n) is 6.13. The van der Waals surface area contributed by atoms with E-state index in [1.54, 1.807) is 65.2 Å². The molecule has 206 valence electrons. The highest BCUT2D eigenvalue weighted by Crippen LogP contribution is 2.27. The highest BCUT2D eigenvalue weighted by Gasteiger charge is 2.19. The second kappa shape index (κ2) is 12.9. The number of halogens is 1. The number of hydrogen-bond acceptors (Lipinski definition) is 6. The Morgan fingerprint density at radius 3 is 2.32 bits per heavy atom. The first-order valence-corrected chi connectivity index (χ1v) is 13.7. The first kappa shape index (κ1) is 27.6. The zero-order chi connectivity index (χ0) is 28.6. The van der Waals surface area contributed by atoms with Crippen LogP contribution < -0.4 is 15.4 Å². The molecule has 1 aromatic heterocycles. The van der Waals surface area contributed by atoms with Crippen LogP contribution in [-0.4, -0.2) is 39.4 Å². The van der Waals surface area contributed by atoms with Gasteiger partial charge in [0.15, 0.2) is 11.0 Å². The third-order valence-corrected chi connectivity index (χ3v) is 7.10. The van der Waals surface area contributed by atoms with Gasteiger partial charge in [-0.15, -0.1) is 10.2 Å². The number of benzene rings is 4. The Morgan fingerprint density at radius 1 is 0.854 bits per heavy atom. The van der Waals surface area contributed by atoms with Gasteiger partial charge in [0.05, 0.1) is 30.7 Å². The molecule has 0 radical (unpaired) electrons.